The van der Waals surface area contributed by atoms with Crippen molar-refractivity contribution in [3.05, 3.63) is 23.8 Å². The molecule has 2 amide bonds. The quantitative estimate of drug-likeness (QED) is 0.851. The molecule has 0 bridgehead atoms. The molecule has 0 unspecified atom stereocenters. The zero-order valence-electron chi connectivity index (χ0n) is 12.5. The zero-order chi connectivity index (χ0) is 15.4. The van der Waals surface area contributed by atoms with Crippen molar-refractivity contribution in [1.82, 2.24) is 10.2 Å². The van der Waals surface area contributed by atoms with Gasteiger partial charge in [0.15, 0.2) is 11.5 Å². The Morgan fingerprint density at radius 2 is 2.00 bits per heavy atom. The Hall–Kier alpha value is -2.24. The van der Waals surface area contributed by atoms with Crippen LogP contribution in [0.4, 0.5) is 0 Å². The minimum absolute atomic E-state index is 0.0235. The van der Waals surface area contributed by atoms with E-state index in [0.717, 1.165) is 12.8 Å². The normalized spacial score (nSPS) is 13.5. The average Bonchev–Trinajstić information content (AvgIpc) is 3.28. The molecular formula is C15H20N2O4. The minimum atomic E-state index is -0.281. The van der Waals surface area contributed by atoms with Gasteiger partial charge in [0.1, 0.15) is 0 Å². The summed E-state index contributed by atoms with van der Waals surface area (Å²) in [6.07, 6.45) is 2.04. The molecule has 21 heavy (non-hydrogen) atoms. The highest BCUT2D eigenvalue weighted by atomic mass is 16.5. The van der Waals surface area contributed by atoms with Gasteiger partial charge in [-0.1, -0.05) is 6.07 Å². The number of hydrogen-bond acceptors (Lipinski definition) is 4. The zero-order valence-corrected chi connectivity index (χ0v) is 12.5. The van der Waals surface area contributed by atoms with E-state index in [1.807, 2.05) is 0 Å². The number of rotatable bonds is 6. The van der Waals surface area contributed by atoms with Crippen molar-refractivity contribution < 1.29 is 19.1 Å². The first-order valence-corrected chi connectivity index (χ1v) is 6.82. The number of likely N-dealkylation sites (N-methyl/N-ethyl adjacent to an activating group) is 1. The van der Waals surface area contributed by atoms with Crippen LogP contribution >= 0.6 is 0 Å². The molecule has 0 heterocycles. The van der Waals surface area contributed by atoms with E-state index in [2.05, 4.69) is 5.32 Å². The highest BCUT2D eigenvalue weighted by Crippen LogP contribution is 2.31. The maximum absolute atomic E-state index is 12.4. The lowest BCUT2D eigenvalue weighted by Crippen LogP contribution is -2.39. The number of hydrogen-bond donors (Lipinski definition) is 1. The summed E-state index contributed by atoms with van der Waals surface area (Å²) in [6.45, 7) is 0.0235. The number of nitrogens with one attached hydrogen (secondary N) is 1. The Morgan fingerprint density at radius 1 is 1.29 bits per heavy atom. The molecule has 114 valence electrons. The molecule has 1 aliphatic carbocycles. The van der Waals surface area contributed by atoms with Crippen LogP contribution in [0, 0.1) is 0 Å². The summed E-state index contributed by atoms with van der Waals surface area (Å²) in [7, 11) is 4.58. The molecule has 0 radical (unpaired) electrons. The molecule has 6 nitrogen and oxygen atoms in total. The van der Waals surface area contributed by atoms with Crippen LogP contribution in [0.5, 0.6) is 11.5 Å². The molecular weight excluding hydrogens is 272 g/mol. The smallest absolute Gasteiger partial charge is 0.257 e. The summed E-state index contributed by atoms with van der Waals surface area (Å²) >= 11 is 0. The van der Waals surface area contributed by atoms with Crippen molar-refractivity contribution in [2.75, 3.05) is 27.8 Å². The molecule has 0 saturated heterocycles. The number of ether oxygens (including phenoxy) is 2. The van der Waals surface area contributed by atoms with Gasteiger partial charge in [0.2, 0.25) is 5.91 Å². The first-order chi connectivity index (χ1) is 10.1. The number of nitrogens with zero attached hydrogens (tertiary/aromatic N) is 1. The van der Waals surface area contributed by atoms with Gasteiger partial charge in [-0.25, -0.2) is 0 Å². The topological polar surface area (TPSA) is 67.9 Å². The van der Waals surface area contributed by atoms with Crippen molar-refractivity contribution in [3.8, 4) is 11.5 Å². The van der Waals surface area contributed by atoms with Gasteiger partial charge in [0.25, 0.3) is 5.91 Å². The first-order valence-electron chi connectivity index (χ1n) is 6.82. The summed E-state index contributed by atoms with van der Waals surface area (Å²) in [5, 5.41) is 2.85. The van der Waals surface area contributed by atoms with Gasteiger partial charge in [-0.2, -0.15) is 0 Å². The molecule has 1 aromatic carbocycles. The first kappa shape index (κ1) is 15.2. The lowest BCUT2D eigenvalue weighted by molar-refractivity contribution is -0.121. The van der Waals surface area contributed by atoms with Crippen molar-refractivity contribution >= 4 is 11.8 Å². The van der Waals surface area contributed by atoms with E-state index < -0.39 is 0 Å². The Balaban J connectivity index is 2.09. The van der Waals surface area contributed by atoms with Gasteiger partial charge in [0, 0.05) is 13.1 Å². The maximum atomic E-state index is 12.4. The van der Waals surface area contributed by atoms with E-state index >= 15 is 0 Å². The van der Waals surface area contributed by atoms with E-state index in [9.17, 15) is 9.59 Å². The van der Waals surface area contributed by atoms with Crippen LogP contribution in [0.3, 0.4) is 0 Å². The fourth-order valence-corrected chi connectivity index (χ4v) is 2.05. The monoisotopic (exact) mass is 292 g/mol. The second kappa shape index (κ2) is 6.47. The van der Waals surface area contributed by atoms with Crippen molar-refractivity contribution in [2.45, 2.75) is 18.9 Å². The second-order valence-corrected chi connectivity index (χ2v) is 5.04. The predicted octanol–water partition coefficient (Wildman–Crippen LogP) is 1.05. The van der Waals surface area contributed by atoms with Crippen molar-refractivity contribution in [1.29, 1.82) is 0 Å². The fraction of sp³-hybridized carbons (Fsp3) is 0.467. The third kappa shape index (κ3) is 3.65. The molecule has 1 fully saturated rings. The third-order valence-corrected chi connectivity index (χ3v) is 3.30. The predicted molar refractivity (Wildman–Crippen MR) is 77.7 cm³/mol. The van der Waals surface area contributed by atoms with Gasteiger partial charge < -0.3 is 19.7 Å². The Labute approximate surface area is 124 Å². The molecule has 2 rings (SSSR count). The molecule has 0 aliphatic heterocycles. The van der Waals surface area contributed by atoms with Crippen molar-refractivity contribution in [3.63, 3.8) is 0 Å². The summed E-state index contributed by atoms with van der Waals surface area (Å²) in [6, 6.07) is 5.37. The van der Waals surface area contributed by atoms with Gasteiger partial charge >= 0.3 is 0 Å². The van der Waals surface area contributed by atoms with E-state index in [1.165, 1.54) is 19.1 Å². The number of carbonyl (C=O) groups is 2. The molecule has 1 N–H and O–H groups in total. The van der Waals surface area contributed by atoms with E-state index in [1.54, 1.807) is 25.2 Å². The number of amides is 2. The lowest BCUT2D eigenvalue weighted by Gasteiger charge is -2.19. The average molecular weight is 292 g/mol. The maximum Gasteiger partial charge on any atom is 0.257 e. The summed E-state index contributed by atoms with van der Waals surface area (Å²) in [5.74, 6) is 0.436. The van der Waals surface area contributed by atoms with Crippen LogP contribution in [0.1, 0.15) is 23.2 Å². The van der Waals surface area contributed by atoms with Crippen molar-refractivity contribution in [2.24, 2.45) is 0 Å². The van der Waals surface area contributed by atoms with Gasteiger partial charge in [-0.3, -0.25) is 9.59 Å². The van der Waals surface area contributed by atoms with Crippen LogP contribution in [0.15, 0.2) is 18.2 Å². The minimum Gasteiger partial charge on any atom is -0.493 e. The van der Waals surface area contributed by atoms with E-state index in [0.29, 0.717) is 17.1 Å². The standard InChI is InChI=1S/C15H20N2O4/c1-17(9-13(18)16-10-7-8-10)15(19)11-5-4-6-12(20-2)14(11)21-3/h4-6,10H,7-9H2,1-3H3,(H,16,18). The number of benzene rings is 1. The molecule has 0 atom stereocenters. The Bertz CT molecular complexity index is 540. The number of carbonyl (C=O) groups excluding carboxylic acids is 2. The molecule has 0 aromatic heterocycles. The summed E-state index contributed by atoms with van der Waals surface area (Å²) < 4.78 is 10.4. The summed E-state index contributed by atoms with van der Waals surface area (Å²) in [5.41, 5.74) is 0.374. The van der Waals surface area contributed by atoms with E-state index in [-0.39, 0.29) is 24.4 Å². The fourth-order valence-electron chi connectivity index (χ4n) is 2.05. The Kier molecular flexibility index (Phi) is 4.67. The van der Waals surface area contributed by atoms with Gasteiger partial charge in [-0.05, 0) is 25.0 Å². The molecule has 1 aromatic rings. The summed E-state index contributed by atoms with van der Waals surface area (Å²) in [4.78, 5) is 25.6. The molecule has 6 heteroatoms. The Morgan fingerprint density at radius 3 is 2.57 bits per heavy atom. The molecule has 1 aliphatic rings. The number of para-hydroxylation sites is 1. The largest absolute Gasteiger partial charge is 0.493 e. The van der Waals surface area contributed by atoms with E-state index in [4.69, 9.17) is 9.47 Å². The highest BCUT2D eigenvalue weighted by Gasteiger charge is 2.25. The van der Waals surface area contributed by atoms with Crippen LogP contribution in [0.25, 0.3) is 0 Å². The van der Waals surface area contributed by atoms with Crippen LogP contribution in [-0.4, -0.2) is 50.6 Å². The lowest BCUT2D eigenvalue weighted by atomic mass is 10.1. The van der Waals surface area contributed by atoms with Crippen LogP contribution < -0.4 is 14.8 Å². The molecule has 0 spiro atoms. The van der Waals surface area contributed by atoms with Crippen LogP contribution in [0.2, 0.25) is 0 Å². The highest BCUT2D eigenvalue weighted by molar-refractivity contribution is 5.99. The third-order valence-electron chi connectivity index (χ3n) is 3.30. The number of methoxy groups -OCH3 is 2. The molecule has 1 saturated carbocycles. The van der Waals surface area contributed by atoms with Gasteiger partial charge in [-0.15, -0.1) is 0 Å². The van der Waals surface area contributed by atoms with Crippen LogP contribution in [-0.2, 0) is 4.79 Å². The SMILES string of the molecule is COc1cccc(C(=O)N(C)CC(=O)NC2CC2)c1OC. The van der Waals surface area contributed by atoms with Gasteiger partial charge in [0.05, 0.1) is 26.3 Å². The second-order valence-electron chi connectivity index (χ2n) is 5.04.